The van der Waals surface area contributed by atoms with Crippen LogP contribution in [-0.4, -0.2) is 32.1 Å². The van der Waals surface area contributed by atoms with E-state index in [9.17, 15) is 9.59 Å². The molecular formula is C21H23ClN2O3. The van der Waals surface area contributed by atoms with Gasteiger partial charge in [-0.1, -0.05) is 29.3 Å². The molecule has 1 aliphatic heterocycles. The van der Waals surface area contributed by atoms with E-state index in [1.807, 2.05) is 0 Å². The maximum Gasteiger partial charge on any atom is 0.339 e. The number of nitrogens with zero attached hydrogens (tertiary/aromatic N) is 1. The van der Waals surface area contributed by atoms with Crippen LogP contribution in [0.4, 0.5) is 11.4 Å². The molecule has 1 fully saturated rings. The Bertz CT molecular complexity index is 828. The van der Waals surface area contributed by atoms with Gasteiger partial charge in [0, 0.05) is 30.4 Å². The lowest BCUT2D eigenvalue weighted by atomic mass is 9.95. The molecule has 1 heterocycles. The molecule has 0 bridgehead atoms. The molecule has 1 aliphatic rings. The van der Waals surface area contributed by atoms with Crippen molar-refractivity contribution < 1.29 is 14.3 Å². The summed E-state index contributed by atoms with van der Waals surface area (Å²) in [5.41, 5.74) is 3.22. The average Bonchev–Trinajstić information content (AvgIpc) is 2.69. The Morgan fingerprint density at radius 3 is 2.41 bits per heavy atom. The van der Waals surface area contributed by atoms with Gasteiger partial charge in [0.05, 0.1) is 17.7 Å². The van der Waals surface area contributed by atoms with Gasteiger partial charge < -0.3 is 15.0 Å². The van der Waals surface area contributed by atoms with Crippen LogP contribution in [0.2, 0.25) is 5.02 Å². The summed E-state index contributed by atoms with van der Waals surface area (Å²) in [5, 5.41) is 3.19. The van der Waals surface area contributed by atoms with Crippen LogP contribution >= 0.6 is 11.6 Å². The average molecular weight is 387 g/mol. The first-order chi connectivity index (χ1) is 13.0. The highest BCUT2D eigenvalue weighted by molar-refractivity contribution is 6.33. The van der Waals surface area contributed by atoms with Gasteiger partial charge in [-0.3, -0.25) is 4.79 Å². The molecule has 0 spiro atoms. The second-order valence-electron chi connectivity index (χ2n) is 6.77. The van der Waals surface area contributed by atoms with Crippen LogP contribution in [0.5, 0.6) is 0 Å². The molecule has 2 aromatic carbocycles. The maximum atomic E-state index is 12.6. The second-order valence-corrected chi connectivity index (χ2v) is 7.18. The topological polar surface area (TPSA) is 58.6 Å². The Morgan fingerprint density at radius 2 is 1.78 bits per heavy atom. The standard InChI is InChI=1S/C21H23ClN2O3/c1-14-3-6-17(7-4-14)24-11-9-15(10-12-24)20(25)23-16-5-8-19(22)18(13-16)21(26)27-2/h3-8,13,15H,9-12H2,1-2H3,(H,23,25). The molecule has 0 radical (unpaired) electrons. The number of halogens is 1. The first-order valence-corrected chi connectivity index (χ1v) is 9.36. The minimum absolute atomic E-state index is 0.0308. The summed E-state index contributed by atoms with van der Waals surface area (Å²) >= 11 is 6.02. The van der Waals surface area contributed by atoms with Gasteiger partial charge in [0.25, 0.3) is 0 Å². The van der Waals surface area contributed by atoms with Crippen molar-refractivity contribution in [2.75, 3.05) is 30.4 Å². The predicted molar refractivity (Wildman–Crippen MR) is 108 cm³/mol. The number of methoxy groups -OCH3 is 1. The molecule has 1 saturated heterocycles. The Kier molecular flexibility index (Phi) is 6.01. The van der Waals surface area contributed by atoms with Crippen LogP contribution in [0.15, 0.2) is 42.5 Å². The van der Waals surface area contributed by atoms with Gasteiger partial charge in [0.1, 0.15) is 0 Å². The largest absolute Gasteiger partial charge is 0.465 e. The lowest BCUT2D eigenvalue weighted by Gasteiger charge is -2.33. The van der Waals surface area contributed by atoms with Gasteiger partial charge in [0.15, 0.2) is 0 Å². The number of hydrogen-bond acceptors (Lipinski definition) is 4. The van der Waals surface area contributed by atoms with Crippen LogP contribution in [0.25, 0.3) is 0 Å². The summed E-state index contributed by atoms with van der Waals surface area (Å²) in [6, 6.07) is 13.3. The fraction of sp³-hybridized carbons (Fsp3) is 0.333. The summed E-state index contributed by atoms with van der Waals surface area (Å²) in [7, 11) is 1.30. The molecule has 0 unspecified atom stereocenters. The Morgan fingerprint density at radius 1 is 1.11 bits per heavy atom. The van der Waals surface area contributed by atoms with E-state index in [-0.39, 0.29) is 17.4 Å². The number of aryl methyl sites for hydroxylation is 1. The van der Waals surface area contributed by atoms with Crippen molar-refractivity contribution in [2.45, 2.75) is 19.8 Å². The fourth-order valence-electron chi connectivity index (χ4n) is 3.27. The number of rotatable bonds is 4. The molecule has 0 aliphatic carbocycles. The van der Waals surface area contributed by atoms with Gasteiger partial charge in [-0.05, 0) is 50.1 Å². The van der Waals surface area contributed by atoms with Crippen molar-refractivity contribution >= 4 is 34.9 Å². The third-order valence-electron chi connectivity index (χ3n) is 4.90. The number of nitrogens with one attached hydrogen (secondary N) is 1. The van der Waals surface area contributed by atoms with Gasteiger partial charge in [-0.15, -0.1) is 0 Å². The third-order valence-corrected chi connectivity index (χ3v) is 5.23. The van der Waals surface area contributed by atoms with Crippen LogP contribution in [0.3, 0.4) is 0 Å². The molecule has 5 nitrogen and oxygen atoms in total. The van der Waals surface area contributed by atoms with Crippen molar-refractivity contribution in [3.8, 4) is 0 Å². The van der Waals surface area contributed by atoms with Crippen molar-refractivity contribution in [3.63, 3.8) is 0 Å². The van der Waals surface area contributed by atoms with E-state index in [2.05, 4.69) is 41.4 Å². The highest BCUT2D eigenvalue weighted by Gasteiger charge is 2.25. The highest BCUT2D eigenvalue weighted by Crippen LogP contribution is 2.26. The van der Waals surface area contributed by atoms with Crippen LogP contribution < -0.4 is 10.2 Å². The van der Waals surface area contributed by atoms with Gasteiger partial charge in [-0.2, -0.15) is 0 Å². The first-order valence-electron chi connectivity index (χ1n) is 8.98. The summed E-state index contributed by atoms with van der Waals surface area (Å²) in [6.07, 6.45) is 1.58. The summed E-state index contributed by atoms with van der Waals surface area (Å²) in [4.78, 5) is 26.7. The summed E-state index contributed by atoms with van der Waals surface area (Å²) in [6.45, 7) is 3.76. The number of carbonyl (C=O) groups is 2. The molecule has 0 saturated carbocycles. The van der Waals surface area contributed by atoms with E-state index in [4.69, 9.17) is 16.3 Å². The van der Waals surface area contributed by atoms with Gasteiger partial charge >= 0.3 is 5.97 Å². The highest BCUT2D eigenvalue weighted by atomic mass is 35.5. The number of carbonyl (C=O) groups excluding carboxylic acids is 2. The molecular weight excluding hydrogens is 364 g/mol. The molecule has 1 amide bonds. The van der Waals surface area contributed by atoms with E-state index < -0.39 is 5.97 Å². The minimum Gasteiger partial charge on any atom is -0.465 e. The number of hydrogen-bond donors (Lipinski definition) is 1. The van der Waals surface area contributed by atoms with E-state index in [1.54, 1.807) is 18.2 Å². The monoisotopic (exact) mass is 386 g/mol. The molecule has 1 N–H and O–H groups in total. The van der Waals surface area contributed by atoms with Crippen LogP contribution in [-0.2, 0) is 9.53 Å². The first kappa shape index (κ1) is 19.2. The quantitative estimate of drug-likeness (QED) is 0.796. The lowest BCUT2D eigenvalue weighted by molar-refractivity contribution is -0.120. The lowest BCUT2D eigenvalue weighted by Crippen LogP contribution is -2.38. The molecule has 27 heavy (non-hydrogen) atoms. The molecule has 142 valence electrons. The van der Waals surface area contributed by atoms with Crippen molar-refractivity contribution in [2.24, 2.45) is 5.92 Å². The molecule has 0 aromatic heterocycles. The van der Waals surface area contributed by atoms with Crippen molar-refractivity contribution in [1.82, 2.24) is 0 Å². The SMILES string of the molecule is COC(=O)c1cc(NC(=O)C2CCN(c3ccc(C)cc3)CC2)ccc1Cl. The predicted octanol–water partition coefficient (Wildman–Crippen LogP) is 4.29. The number of anilines is 2. The number of piperidine rings is 1. The molecule has 3 rings (SSSR count). The molecule has 0 atom stereocenters. The van der Waals surface area contributed by atoms with E-state index in [0.29, 0.717) is 10.7 Å². The number of esters is 1. The second kappa shape index (κ2) is 8.44. The molecule has 2 aromatic rings. The van der Waals surface area contributed by atoms with E-state index in [0.717, 1.165) is 25.9 Å². The number of benzene rings is 2. The Hall–Kier alpha value is -2.53. The third kappa shape index (κ3) is 4.61. The summed E-state index contributed by atoms with van der Waals surface area (Å²) in [5.74, 6) is -0.608. The molecule has 6 heteroatoms. The van der Waals surface area contributed by atoms with Crippen molar-refractivity contribution in [1.29, 1.82) is 0 Å². The Balaban J connectivity index is 1.60. The summed E-state index contributed by atoms with van der Waals surface area (Å²) < 4.78 is 4.71. The maximum absolute atomic E-state index is 12.6. The normalized spacial score (nSPS) is 14.7. The van der Waals surface area contributed by atoms with Gasteiger partial charge in [0.2, 0.25) is 5.91 Å². The van der Waals surface area contributed by atoms with Crippen LogP contribution in [0, 0.1) is 12.8 Å². The number of ether oxygens (including phenoxy) is 1. The zero-order chi connectivity index (χ0) is 19.4. The van der Waals surface area contributed by atoms with Crippen LogP contribution in [0.1, 0.15) is 28.8 Å². The smallest absolute Gasteiger partial charge is 0.339 e. The Labute approximate surface area is 164 Å². The van der Waals surface area contributed by atoms with E-state index in [1.165, 1.54) is 18.4 Å². The number of amides is 1. The minimum atomic E-state index is -0.525. The van der Waals surface area contributed by atoms with Gasteiger partial charge in [-0.25, -0.2) is 4.79 Å². The van der Waals surface area contributed by atoms with E-state index >= 15 is 0 Å². The zero-order valence-corrected chi connectivity index (χ0v) is 16.3. The van der Waals surface area contributed by atoms with Crippen molar-refractivity contribution in [3.05, 3.63) is 58.6 Å². The fourth-order valence-corrected chi connectivity index (χ4v) is 3.46. The zero-order valence-electron chi connectivity index (χ0n) is 15.5.